The minimum absolute atomic E-state index is 0.124. The van der Waals surface area contributed by atoms with E-state index in [9.17, 15) is 4.79 Å². The molecular weight excluding hydrogens is 321 g/mol. The number of carbonyl (C=O) groups is 1. The predicted molar refractivity (Wildman–Crippen MR) is 96.8 cm³/mol. The Morgan fingerprint density at radius 1 is 1.32 bits per heavy atom. The van der Waals surface area contributed by atoms with Crippen molar-refractivity contribution in [2.75, 3.05) is 0 Å². The lowest BCUT2D eigenvalue weighted by Gasteiger charge is -2.32. The van der Waals surface area contributed by atoms with Crippen LogP contribution in [0.2, 0.25) is 0 Å². The number of hydrogen-bond acceptors (Lipinski definition) is 5. The van der Waals surface area contributed by atoms with Crippen LogP contribution in [-0.4, -0.2) is 45.8 Å². The Morgan fingerprint density at radius 3 is 2.40 bits per heavy atom. The van der Waals surface area contributed by atoms with Gasteiger partial charge in [-0.2, -0.15) is 5.10 Å². The lowest BCUT2D eigenvalue weighted by molar-refractivity contribution is 0.00578. The summed E-state index contributed by atoms with van der Waals surface area (Å²) in [6.07, 6.45) is 3.19. The van der Waals surface area contributed by atoms with Crippen LogP contribution in [0.25, 0.3) is 0 Å². The second-order valence-corrected chi connectivity index (χ2v) is 8.63. The minimum atomic E-state index is -0.514. The van der Waals surface area contributed by atoms with Crippen LogP contribution in [0.1, 0.15) is 55.4 Å². The van der Waals surface area contributed by atoms with E-state index >= 15 is 0 Å². The summed E-state index contributed by atoms with van der Waals surface area (Å²) in [4.78, 5) is 11.8. The molecule has 1 N–H and O–H groups in total. The summed E-state index contributed by atoms with van der Waals surface area (Å²) in [5, 5.41) is 7.15. The standard InChI is InChI=1S/C17H30BN3O4/c1-12(20-14(22)23-15(2,3)4)10-21-11-13(9-19-21)18-24-16(5,6)17(7,8)25-18/h9,11-12H,10H2,1-8H3,(H,20,22). The van der Waals surface area contributed by atoms with Gasteiger partial charge in [-0.3, -0.25) is 4.68 Å². The number of carbonyl (C=O) groups excluding carboxylic acids is 1. The number of amides is 1. The van der Waals surface area contributed by atoms with Crippen LogP contribution >= 0.6 is 0 Å². The highest BCUT2D eigenvalue weighted by atomic mass is 16.7. The Hall–Kier alpha value is -1.54. The number of ether oxygens (including phenoxy) is 1. The van der Waals surface area contributed by atoms with Gasteiger partial charge in [0, 0.05) is 23.9 Å². The molecular formula is C17H30BN3O4. The first kappa shape index (κ1) is 19.8. The molecule has 1 aromatic heterocycles. The Bertz CT molecular complexity index is 606. The van der Waals surface area contributed by atoms with Crippen molar-refractivity contribution in [3.05, 3.63) is 12.4 Å². The highest BCUT2D eigenvalue weighted by molar-refractivity contribution is 6.61. The smallest absolute Gasteiger partial charge is 0.444 e. The lowest BCUT2D eigenvalue weighted by Crippen LogP contribution is -2.41. The molecule has 140 valence electrons. The lowest BCUT2D eigenvalue weighted by atomic mass is 9.82. The van der Waals surface area contributed by atoms with E-state index in [-0.39, 0.29) is 17.2 Å². The summed E-state index contributed by atoms with van der Waals surface area (Å²) >= 11 is 0. The Kier molecular flexibility index (Phi) is 5.26. The molecule has 1 atom stereocenters. The molecule has 2 rings (SSSR count). The molecule has 8 heteroatoms. The van der Waals surface area contributed by atoms with Gasteiger partial charge in [-0.1, -0.05) is 0 Å². The average Bonchev–Trinajstić information content (AvgIpc) is 2.90. The van der Waals surface area contributed by atoms with E-state index in [1.807, 2.05) is 61.6 Å². The summed E-state index contributed by atoms with van der Waals surface area (Å²) in [5.41, 5.74) is -0.418. The van der Waals surface area contributed by atoms with Crippen LogP contribution in [0.3, 0.4) is 0 Å². The molecule has 25 heavy (non-hydrogen) atoms. The van der Waals surface area contributed by atoms with Gasteiger partial charge >= 0.3 is 13.2 Å². The van der Waals surface area contributed by atoms with Crippen LogP contribution in [0.5, 0.6) is 0 Å². The molecule has 1 amide bonds. The SMILES string of the molecule is CC(Cn1cc(B2OC(C)(C)C(C)(C)O2)cn1)NC(=O)OC(C)(C)C. The predicted octanol–water partition coefficient (Wildman–Crippen LogP) is 2.10. The first-order chi connectivity index (χ1) is 11.3. The summed E-state index contributed by atoms with van der Waals surface area (Å²) in [7, 11) is -0.437. The highest BCUT2D eigenvalue weighted by Gasteiger charge is 2.52. The molecule has 0 saturated carbocycles. The molecule has 1 aliphatic rings. The van der Waals surface area contributed by atoms with Gasteiger partial charge in [0.25, 0.3) is 0 Å². The number of aromatic nitrogens is 2. The van der Waals surface area contributed by atoms with E-state index in [1.165, 1.54) is 0 Å². The molecule has 0 aliphatic carbocycles. The van der Waals surface area contributed by atoms with Crippen LogP contribution in [-0.2, 0) is 20.6 Å². The number of alkyl carbamates (subject to hydrolysis) is 1. The van der Waals surface area contributed by atoms with E-state index in [4.69, 9.17) is 14.0 Å². The molecule has 0 bridgehead atoms. The number of rotatable bonds is 4. The van der Waals surface area contributed by atoms with E-state index < -0.39 is 18.8 Å². The van der Waals surface area contributed by atoms with Gasteiger partial charge in [-0.05, 0) is 55.4 Å². The van der Waals surface area contributed by atoms with Crippen molar-refractivity contribution in [2.45, 2.75) is 84.8 Å². The molecule has 1 aliphatic heterocycles. The van der Waals surface area contributed by atoms with Crippen LogP contribution in [0.4, 0.5) is 4.79 Å². The van der Waals surface area contributed by atoms with E-state index in [2.05, 4.69) is 10.4 Å². The van der Waals surface area contributed by atoms with Gasteiger partial charge in [0.05, 0.1) is 17.7 Å². The maximum absolute atomic E-state index is 11.8. The molecule has 1 aromatic rings. The molecule has 2 heterocycles. The van der Waals surface area contributed by atoms with Gasteiger partial charge in [-0.25, -0.2) is 4.79 Å². The van der Waals surface area contributed by atoms with E-state index in [1.54, 1.807) is 10.9 Å². The van der Waals surface area contributed by atoms with Crippen molar-refractivity contribution in [1.82, 2.24) is 15.1 Å². The van der Waals surface area contributed by atoms with Crippen molar-refractivity contribution in [1.29, 1.82) is 0 Å². The third kappa shape index (κ3) is 4.98. The number of nitrogens with zero attached hydrogens (tertiary/aromatic N) is 2. The summed E-state index contributed by atoms with van der Waals surface area (Å²) < 4.78 is 19.1. The zero-order valence-corrected chi connectivity index (χ0v) is 16.5. The van der Waals surface area contributed by atoms with Gasteiger partial charge in [0.1, 0.15) is 5.60 Å². The van der Waals surface area contributed by atoms with Gasteiger partial charge < -0.3 is 19.4 Å². The fraction of sp³-hybridized carbons (Fsp3) is 0.765. The summed E-state index contributed by atoms with van der Waals surface area (Å²) in [5.74, 6) is 0. The van der Waals surface area contributed by atoms with E-state index in [0.717, 1.165) is 5.46 Å². The van der Waals surface area contributed by atoms with Gasteiger partial charge in [0.15, 0.2) is 0 Å². The van der Waals surface area contributed by atoms with Gasteiger partial charge in [0.2, 0.25) is 0 Å². The van der Waals surface area contributed by atoms with Crippen molar-refractivity contribution in [2.24, 2.45) is 0 Å². The van der Waals surface area contributed by atoms with Crippen LogP contribution in [0.15, 0.2) is 12.4 Å². The Labute approximate surface area is 150 Å². The van der Waals surface area contributed by atoms with E-state index in [0.29, 0.717) is 6.54 Å². The fourth-order valence-corrected chi connectivity index (χ4v) is 2.42. The van der Waals surface area contributed by atoms with Crippen LogP contribution < -0.4 is 10.8 Å². The summed E-state index contributed by atoms with van der Waals surface area (Å²) in [6, 6.07) is -0.124. The fourth-order valence-electron chi connectivity index (χ4n) is 2.42. The second kappa shape index (κ2) is 6.65. The normalized spacial score (nSPS) is 20.4. The zero-order valence-electron chi connectivity index (χ0n) is 16.5. The number of nitrogens with one attached hydrogen (secondary N) is 1. The average molecular weight is 351 g/mol. The first-order valence-corrected chi connectivity index (χ1v) is 8.66. The summed E-state index contributed by atoms with van der Waals surface area (Å²) in [6.45, 7) is 16.0. The van der Waals surface area contributed by atoms with Crippen molar-refractivity contribution in [3.63, 3.8) is 0 Å². The topological polar surface area (TPSA) is 74.6 Å². The molecule has 0 spiro atoms. The zero-order chi connectivity index (χ0) is 19.0. The molecule has 1 saturated heterocycles. The molecule has 1 unspecified atom stereocenters. The van der Waals surface area contributed by atoms with Crippen molar-refractivity contribution in [3.8, 4) is 0 Å². The Balaban J connectivity index is 1.93. The maximum atomic E-state index is 11.8. The molecule has 1 fully saturated rings. The monoisotopic (exact) mass is 351 g/mol. The largest absolute Gasteiger partial charge is 0.498 e. The first-order valence-electron chi connectivity index (χ1n) is 8.66. The van der Waals surface area contributed by atoms with Gasteiger partial charge in [-0.15, -0.1) is 0 Å². The third-order valence-corrected chi connectivity index (χ3v) is 4.40. The second-order valence-electron chi connectivity index (χ2n) is 8.63. The Morgan fingerprint density at radius 2 is 1.88 bits per heavy atom. The van der Waals surface area contributed by atoms with Crippen molar-refractivity contribution >= 4 is 18.7 Å². The minimum Gasteiger partial charge on any atom is -0.444 e. The number of hydrogen-bond donors (Lipinski definition) is 1. The maximum Gasteiger partial charge on any atom is 0.498 e. The molecule has 0 radical (unpaired) electrons. The van der Waals surface area contributed by atoms with Crippen LogP contribution in [0, 0.1) is 0 Å². The van der Waals surface area contributed by atoms with Crippen molar-refractivity contribution < 1.29 is 18.8 Å². The molecule has 7 nitrogen and oxygen atoms in total. The highest BCUT2D eigenvalue weighted by Crippen LogP contribution is 2.36. The quantitative estimate of drug-likeness (QED) is 0.841. The molecule has 0 aromatic carbocycles. The third-order valence-electron chi connectivity index (χ3n) is 4.40.